The Morgan fingerprint density at radius 3 is 2.70 bits per heavy atom. The number of para-hydroxylation sites is 1. The van der Waals surface area contributed by atoms with Gasteiger partial charge in [-0.3, -0.25) is 0 Å². The second kappa shape index (κ2) is 6.16. The molecule has 0 unspecified atom stereocenters. The summed E-state index contributed by atoms with van der Waals surface area (Å²) in [5, 5.41) is 13.7. The average molecular weight is 308 g/mol. The molecule has 0 amide bonds. The standard InChI is InChI=1S/C19H20N2O2/c1-3-21-12-15(16-6-4-5-7-18(16)21)11-20-17-9-8-14(19(22)23)10-13(17)2/h4-10,12,20H,3,11H2,1-2H3,(H,22,23). The molecule has 3 rings (SSSR count). The van der Waals surface area contributed by atoms with Gasteiger partial charge >= 0.3 is 5.97 Å². The number of hydrogen-bond donors (Lipinski definition) is 2. The summed E-state index contributed by atoms with van der Waals surface area (Å²) >= 11 is 0. The first-order valence-corrected chi connectivity index (χ1v) is 7.74. The van der Waals surface area contributed by atoms with E-state index < -0.39 is 5.97 Å². The minimum Gasteiger partial charge on any atom is -0.478 e. The quantitative estimate of drug-likeness (QED) is 0.739. The lowest BCUT2D eigenvalue weighted by molar-refractivity contribution is 0.0697. The Morgan fingerprint density at radius 1 is 1.22 bits per heavy atom. The second-order valence-corrected chi connectivity index (χ2v) is 5.65. The molecule has 2 aromatic carbocycles. The lowest BCUT2D eigenvalue weighted by atomic mass is 10.1. The van der Waals surface area contributed by atoms with Crippen molar-refractivity contribution in [2.75, 3.05) is 5.32 Å². The van der Waals surface area contributed by atoms with E-state index in [2.05, 4.69) is 47.3 Å². The zero-order chi connectivity index (χ0) is 16.4. The van der Waals surface area contributed by atoms with Crippen molar-refractivity contribution in [2.45, 2.75) is 26.9 Å². The maximum atomic E-state index is 11.0. The fourth-order valence-corrected chi connectivity index (χ4v) is 2.91. The van der Waals surface area contributed by atoms with Crippen LogP contribution in [0.15, 0.2) is 48.7 Å². The number of aromatic nitrogens is 1. The molecule has 1 heterocycles. The number of aryl methyl sites for hydroxylation is 2. The molecule has 2 N–H and O–H groups in total. The fraction of sp³-hybridized carbons (Fsp3) is 0.211. The van der Waals surface area contributed by atoms with E-state index >= 15 is 0 Å². The topological polar surface area (TPSA) is 54.3 Å². The molecule has 118 valence electrons. The molecular formula is C19H20N2O2. The van der Waals surface area contributed by atoms with Gasteiger partial charge in [0.2, 0.25) is 0 Å². The van der Waals surface area contributed by atoms with Gasteiger partial charge in [-0.25, -0.2) is 4.79 Å². The predicted octanol–water partition coefficient (Wildman–Crippen LogP) is 4.28. The highest BCUT2D eigenvalue weighted by Crippen LogP contribution is 2.23. The summed E-state index contributed by atoms with van der Waals surface area (Å²) in [6.07, 6.45) is 2.18. The Bertz CT molecular complexity index is 865. The van der Waals surface area contributed by atoms with Gasteiger partial charge in [0.1, 0.15) is 0 Å². The monoisotopic (exact) mass is 308 g/mol. The summed E-state index contributed by atoms with van der Waals surface area (Å²) in [4.78, 5) is 11.0. The van der Waals surface area contributed by atoms with E-state index in [9.17, 15) is 4.79 Å². The molecule has 0 atom stereocenters. The molecule has 0 radical (unpaired) electrons. The Morgan fingerprint density at radius 2 is 2.00 bits per heavy atom. The minimum absolute atomic E-state index is 0.315. The van der Waals surface area contributed by atoms with Crippen molar-refractivity contribution < 1.29 is 9.90 Å². The number of hydrogen-bond acceptors (Lipinski definition) is 2. The van der Waals surface area contributed by atoms with Crippen molar-refractivity contribution in [3.05, 3.63) is 65.4 Å². The number of rotatable bonds is 5. The van der Waals surface area contributed by atoms with Gasteiger partial charge in [0.15, 0.2) is 0 Å². The SMILES string of the molecule is CCn1cc(CNc2ccc(C(=O)O)cc2C)c2ccccc21. The number of nitrogens with zero attached hydrogens (tertiary/aromatic N) is 1. The zero-order valence-corrected chi connectivity index (χ0v) is 13.3. The van der Waals surface area contributed by atoms with Crippen molar-refractivity contribution in [2.24, 2.45) is 0 Å². The van der Waals surface area contributed by atoms with Crippen molar-refractivity contribution in [1.29, 1.82) is 0 Å². The highest BCUT2D eigenvalue weighted by molar-refractivity contribution is 5.88. The highest BCUT2D eigenvalue weighted by atomic mass is 16.4. The predicted molar refractivity (Wildman–Crippen MR) is 93.1 cm³/mol. The molecule has 0 aliphatic rings. The normalized spacial score (nSPS) is 10.9. The first-order valence-electron chi connectivity index (χ1n) is 7.74. The average Bonchev–Trinajstić information content (AvgIpc) is 2.91. The van der Waals surface area contributed by atoms with E-state index in [4.69, 9.17) is 5.11 Å². The van der Waals surface area contributed by atoms with Crippen LogP contribution in [0.1, 0.15) is 28.4 Å². The Hall–Kier alpha value is -2.75. The van der Waals surface area contributed by atoms with Gasteiger partial charge in [-0.05, 0) is 49.2 Å². The van der Waals surface area contributed by atoms with Crippen molar-refractivity contribution in [1.82, 2.24) is 4.57 Å². The van der Waals surface area contributed by atoms with E-state index in [1.807, 2.05) is 13.0 Å². The smallest absolute Gasteiger partial charge is 0.335 e. The number of carbonyl (C=O) groups is 1. The van der Waals surface area contributed by atoms with Crippen LogP contribution < -0.4 is 5.32 Å². The van der Waals surface area contributed by atoms with Crippen LogP contribution in [0.2, 0.25) is 0 Å². The summed E-state index contributed by atoms with van der Waals surface area (Å²) in [6.45, 7) is 5.70. The molecule has 0 fully saturated rings. The van der Waals surface area contributed by atoms with E-state index in [1.54, 1.807) is 12.1 Å². The van der Waals surface area contributed by atoms with Crippen LogP contribution in [0, 0.1) is 6.92 Å². The van der Waals surface area contributed by atoms with Gasteiger partial charge in [-0.1, -0.05) is 18.2 Å². The zero-order valence-electron chi connectivity index (χ0n) is 13.3. The van der Waals surface area contributed by atoms with Gasteiger partial charge in [0.25, 0.3) is 0 Å². The Kier molecular flexibility index (Phi) is 4.06. The number of benzene rings is 2. The molecular weight excluding hydrogens is 288 g/mol. The summed E-state index contributed by atoms with van der Waals surface area (Å²) in [7, 11) is 0. The molecule has 0 saturated carbocycles. The maximum Gasteiger partial charge on any atom is 0.335 e. The first kappa shape index (κ1) is 15.2. The third-order valence-electron chi connectivity index (χ3n) is 4.15. The molecule has 4 heteroatoms. The van der Waals surface area contributed by atoms with Crippen LogP contribution in [-0.2, 0) is 13.1 Å². The van der Waals surface area contributed by atoms with Gasteiger partial charge < -0.3 is 15.0 Å². The van der Waals surface area contributed by atoms with E-state index in [-0.39, 0.29) is 0 Å². The van der Waals surface area contributed by atoms with E-state index in [1.165, 1.54) is 16.5 Å². The lowest BCUT2D eigenvalue weighted by Crippen LogP contribution is -2.03. The minimum atomic E-state index is -0.898. The van der Waals surface area contributed by atoms with Crippen LogP contribution in [0.5, 0.6) is 0 Å². The summed E-state index contributed by atoms with van der Waals surface area (Å²) in [5.41, 5.74) is 4.69. The number of carboxylic acid groups (broad SMARTS) is 1. The summed E-state index contributed by atoms with van der Waals surface area (Å²) in [5.74, 6) is -0.898. The molecule has 0 saturated heterocycles. The van der Waals surface area contributed by atoms with Crippen LogP contribution in [0.25, 0.3) is 10.9 Å². The van der Waals surface area contributed by atoms with E-state index in [0.29, 0.717) is 12.1 Å². The maximum absolute atomic E-state index is 11.0. The van der Waals surface area contributed by atoms with Crippen LogP contribution >= 0.6 is 0 Å². The molecule has 0 aliphatic carbocycles. The van der Waals surface area contributed by atoms with Crippen molar-refractivity contribution in [3.8, 4) is 0 Å². The summed E-state index contributed by atoms with van der Waals surface area (Å²) < 4.78 is 2.24. The molecule has 4 nitrogen and oxygen atoms in total. The number of anilines is 1. The summed E-state index contributed by atoms with van der Waals surface area (Å²) in [6, 6.07) is 13.5. The Labute approximate surface area is 135 Å². The van der Waals surface area contributed by atoms with Crippen LogP contribution in [0.4, 0.5) is 5.69 Å². The third kappa shape index (κ3) is 2.93. The van der Waals surface area contributed by atoms with Gasteiger partial charge in [-0.15, -0.1) is 0 Å². The number of fused-ring (bicyclic) bond motifs is 1. The molecule has 0 aliphatic heterocycles. The van der Waals surface area contributed by atoms with Crippen LogP contribution in [0.3, 0.4) is 0 Å². The van der Waals surface area contributed by atoms with E-state index in [0.717, 1.165) is 17.8 Å². The van der Waals surface area contributed by atoms with Gasteiger partial charge in [0.05, 0.1) is 5.56 Å². The molecule has 0 spiro atoms. The number of nitrogens with one attached hydrogen (secondary N) is 1. The second-order valence-electron chi connectivity index (χ2n) is 5.65. The van der Waals surface area contributed by atoms with Crippen molar-refractivity contribution >= 4 is 22.6 Å². The molecule has 1 aromatic heterocycles. The third-order valence-corrected chi connectivity index (χ3v) is 4.15. The molecule has 23 heavy (non-hydrogen) atoms. The van der Waals surface area contributed by atoms with Gasteiger partial charge in [0, 0.05) is 35.9 Å². The number of aromatic carboxylic acids is 1. The first-order chi connectivity index (χ1) is 11.1. The molecule has 3 aromatic rings. The largest absolute Gasteiger partial charge is 0.478 e. The fourth-order valence-electron chi connectivity index (χ4n) is 2.91. The van der Waals surface area contributed by atoms with Gasteiger partial charge in [-0.2, -0.15) is 0 Å². The lowest BCUT2D eigenvalue weighted by Gasteiger charge is -2.10. The molecule has 0 bridgehead atoms. The Balaban J connectivity index is 1.85. The highest BCUT2D eigenvalue weighted by Gasteiger charge is 2.09. The van der Waals surface area contributed by atoms with Crippen LogP contribution in [-0.4, -0.2) is 15.6 Å². The van der Waals surface area contributed by atoms with Crippen molar-refractivity contribution in [3.63, 3.8) is 0 Å². The number of carboxylic acids is 1.